The molecule has 4 aromatic carbocycles. The Kier molecular flexibility index (Phi) is 8.12. The second-order valence-corrected chi connectivity index (χ2v) is 11.6. The smallest absolute Gasteiger partial charge is 0.259 e. The number of aryl methyl sites for hydroxylation is 2. The number of carbonyl (C=O) groups excluding carboxylic acids is 2. The van der Waals surface area contributed by atoms with Gasteiger partial charge in [0.2, 0.25) is 0 Å². The van der Waals surface area contributed by atoms with Gasteiger partial charge in [0.1, 0.15) is 0 Å². The molecule has 1 atom stereocenters. The van der Waals surface area contributed by atoms with E-state index < -0.39 is 10.8 Å². The lowest BCUT2D eigenvalue weighted by Crippen LogP contribution is -2.31. The van der Waals surface area contributed by atoms with E-state index in [1.807, 2.05) is 51.2 Å². The van der Waals surface area contributed by atoms with E-state index in [1.54, 1.807) is 47.4 Å². The summed E-state index contributed by atoms with van der Waals surface area (Å²) < 4.78 is 13.7. The van der Waals surface area contributed by atoms with Crippen LogP contribution in [0.2, 0.25) is 0 Å². The normalized spacial score (nSPS) is 14.2. The Morgan fingerprint density at radius 1 is 0.900 bits per heavy atom. The first kappa shape index (κ1) is 27.3. The molecule has 204 valence electrons. The minimum absolute atomic E-state index is 0.225. The second-order valence-electron chi connectivity index (χ2n) is 10.1. The standard InChI is InChI=1S/C33H33N3O3S/c1-23-14-15-24(2)26(20-23)22-36-29-21-25(32(37)34-18-9-19-35(3)27-10-5-4-6-11-27)16-17-31(29)40(39)30-13-8-7-12-28(30)33(36)38/h4-8,10-17,20-21H,9,18-19,22H2,1-3H3,(H,34,37)/t40-/m0/s1. The molecule has 0 fully saturated rings. The summed E-state index contributed by atoms with van der Waals surface area (Å²) in [4.78, 5) is 31.9. The highest BCUT2D eigenvalue weighted by Gasteiger charge is 2.31. The Labute approximate surface area is 238 Å². The van der Waals surface area contributed by atoms with Gasteiger partial charge in [-0.25, -0.2) is 4.21 Å². The van der Waals surface area contributed by atoms with Crippen LogP contribution < -0.4 is 15.1 Å². The number of para-hydroxylation sites is 1. The van der Waals surface area contributed by atoms with Crippen molar-refractivity contribution in [3.05, 3.63) is 119 Å². The average Bonchev–Trinajstić information content (AvgIpc) is 3.06. The summed E-state index contributed by atoms with van der Waals surface area (Å²) in [6.07, 6.45) is 0.776. The molecular weight excluding hydrogens is 518 g/mol. The molecular formula is C33H33N3O3S. The van der Waals surface area contributed by atoms with E-state index in [0.717, 1.165) is 35.3 Å². The van der Waals surface area contributed by atoms with Gasteiger partial charge in [0.15, 0.2) is 0 Å². The van der Waals surface area contributed by atoms with Gasteiger partial charge in [-0.05, 0) is 73.9 Å². The van der Waals surface area contributed by atoms with Crippen molar-refractivity contribution in [2.75, 3.05) is 29.9 Å². The fraction of sp³-hybridized carbons (Fsp3) is 0.212. The van der Waals surface area contributed by atoms with Gasteiger partial charge in [0.25, 0.3) is 11.8 Å². The Hall–Kier alpha value is -4.23. The van der Waals surface area contributed by atoms with E-state index in [4.69, 9.17) is 0 Å². The molecule has 0 spiro atoms. The summed E-state index contributed by atoms with van der Waals surface area (Å²) >= 11 is 0. The van der Waals surface area contributed by atoms with Crippen molar-refractivity contribution in [2.24, 2.45) is 0 Å². The zero-order valence-electron chi connectivity index (χ0n) is 23.0. The number of rotatable bonds is 8. The van der Waals surface area contributed by atoms with Crippen LogP contribution in [0.4, 0.5) is 11.4 Å². The molecule has 0 aromatic heterocycles. The summed E-state index contributed by atoms with van der Waals surface area (Å²) in [7, 11) is 0.463. The highest BCUT2D eigenvalue weighted by atomic mass is 32.2. The summed E-state index contributed by atoms with van der Waals surface area (Å²) in [5.74, 6) is -0.457. The lowest BCUT2D eigenvalue weighted by Gasteiger charge is -2.24. The molecule has 7 heteroatoms. The minimum Gasteiger partial charge on any atom is -0.375 e. The molecule has 0 unspecified atom stereocenters. The van der Waals surface area contributed by atoms with E-state index >= 15 is 0 Å². The largest absolute Gasteiger partial charge is 0.375 e. The van der Waals surface area contributed by atoms with Crippen molar-refractivity contribution in [2.45, 2.75) is 36.6 Å². The number of anilines is 2. The highest BCUT2D eigenvalue weighted by molar-refractivity contribution is 7.85. The molecule has 0 bridgehead atoms. The SMILES string of the molecule is Cc1ccc(C)c(CN2C(=O)c3ccccc3[S@](=O)c3ccc(C(=O)NCCCN(C)c4ccccc4)cc32)c1. The number of nitrogens with one attached hydrogen (secondary N) is 1. The molecule has 1 aliphatic heterocycles. The Morgan fingerprint density at radius 3 is 2.45 bits per heavy atom. The third-order valence-corrected chi connectivity index (χ3v) is 8.76. The van der Waals surface area contributed by atoms with Gasteiger partial charge in [0, 0.05) is 31.4 Å². The van der Waals surface area contributed by atoms with Crippen molar-refractivity contribution in [3.63, 3.8) is 0 Å². The summed E-state index contributed by atoms with van der Waals surface area (Å²) in [5, 5.41) is 3.00. The third kappa shape index (κ3) is 5.70. The van der Waals surface area contributed by atoms with Crippen LogP contribution in [0.1, 0.15) is 43.8 Å². The molecule has 1 N–H and O–H groups in total. The van der Waals surface area contributed by atoms with E-state index in [9.17, 15) is 13.8 Å². The number of fused-ring (bicyclic) bond motifs is 2. The molecule has 2 amide bonds. The number of amides is 2. The predicted octanol–water partition coefficient (Wildman–Crippen LogP) is 5.89. The van der Waals surface area contributed by atoms with Crippen LogP contribution in [0, 0.1) is 13.8 Å². The maximum absolute atomic E-state index is 13.9. The topological polar surface area (TPSA) is 69.7 Å². The molecule has 0 saturated carbocycles. The Balaban J connectivity index is 1.40. The Bertz CT molecular complexity index is 1590. The second kappa shape index (κ2) is 11.9. The highest BCUT2D eigenvalue weighted by Crippen LogP contribution is 2.36. The quantitative estimate of drug-likeness (QED) is 0.278. The van der Waals surface area contributed by atoms with Crippen molar-refractivity contribution >= 4 is 34.0 Å². The molecule has 0 saturated heterocycles. The summed E-state index contributed by atoms with van der Waals surface area (Å²) in [6, 6.07) is 28.4. The molecule has 4 aromatic rings. The minimum atomic E-state index is -1.57. The first-order valence-corrected chi connectivity index (χ1v) is 14.6. The number of hydrogen-bond acceptors (Lipinski definition) is 4. The van der Waals surface area contributed by atoms with Crippen LogP contribution >= 0.6 is 0 Å². The van der Waals surface area contributed by atoms with Crippen LogP contribution in [-0.2, 0) is 17.3 Å². The van der Waals surface area contributed by atoms with Crippen molar-refractivity contribution in [3.8, 4) is 0 Å². The van der Waals surface area contributed by atoms with Crippen LogP contribution in [-0.4, -0.2) is 36.2 Å². The maximum Gasteiger partial charge on any atom is 0.259 e. The first-order valence-electron chi connectivity index (χ1n) is 13.4. The maximum atomic E-state index is 13.9. The number of nitrogens with zero attached hydrogens (tertiary/aromatic N) is 2. The fourth-order valence-corrected chi connectivity index (χ4v) is 6.28. The van der Waals surface area contributed by atoms with Gasteiger partial charge in [0.05, 0.1) is 38.4 Å². The number of carbonyl (C=O) groups is 2. The molecule has 1 heterocycles. The van der Waals surface area contributed by atoms with E-state index in [-0.39, 0.29) is 11.8 Å². The molecule has 0 radical (unpaired) electrons. The summed E-state index contributed by atoms with van der Waals surface area (Å²) in [5.41, 5.74) is 5.62. The average molecular weight is 552 g/mol. The summed E-state index contributed by atoms with van der Waals surface area (Å²) in [6.45, 7) is 5.65. The van der Waals surface area contributed by atoms with Crippen LogP contribution in [0.3, 0.4) is 0 Å². The van der Waals surface area contributed by atoms with Gasteiger partial charge in [-0.15, -0.1) is 0 Å². The van der Waals surface area contributed by atoms with Crippen molar-refractivity contribution < 1.29 is 13.8 Å². The zero-order chi connectivity index (χ0) is 28.2. The van der Waals surface area contributed by atoms with Crippen LogP contribution in [0.5, 0.6) is 0 Å². The van der Waals surface area contributed by atoms with Gasteiger partial charge in [-0.2, -0.15) is 0 Å². The molecule has 40 heavy (non-hydrogen) atoms. The van der Waals surface area contributed by atoms with Gasteiger partial charge < -0.3 is 15.1 Å². The lowest BCUT2D eigenvalue weighted by molar-refractivity contribution is 0.0949. The van der Waals surface area contributed by atoms with E-state index in [0.29, 0.717) is 39.7 Å². The van der Waals surface area contributed by atoms with E-state index in [1.165, 1.54) is 0 Å². The molecule has 1 aliphatic rings. The third-order valence-electron chi connectivity index (χ3n) is 7.26. The van der Waals surface area contributed by atoms with Gasteiger partial charge >= 0.3 is 0 Å². The van der Waals surface area contributed by atoms with Gasteiger partial charge in [-0.3, -0.25) is 9.59 Å². The number of hydrogen-bond donors (Lipinski definition) is 1. The lowest BCUT2D eigenvalue weighted by atomic mass is 10.0. The first-order chi connectivity index (χ1) is 19.3. The predicted molar refractivity (Wildman–Crippen MR) is 161 cm³/mol. The molecule has 6 nitrogen and oxygen atoms in total. The van der Waals surface area contributed by atoms with Crippen molar-refractivity contribution in [1.82, 2.24) is 5.32 Å². The molecule has 5 rings (SSSR count). The number of benzene rings is 4. The monoisotopic (exact) mass is 551 g/mol. The van der Waals surface area contributed by atoms with E-state index in [2.05, 4.69) is 28.4 Å². The van der Waals surface area contributed by atoms with Gasteiger partial charge in [-0.1, -0.05) is 54.1 Å². The van der Waals surface area contributed by atoms with Crippen LogP contribution in [0.15, 0.2) is 101 Å². The molecule has 0 aliphatic carbocycles. The Morgan fingerprint density at radius 2 is 1.65 bits per heavy atom. The fourth-order valence-electron chi connectivity index (χ4n) is 4.93. The van der Waals surface area contributed by atoms with Crippen molar-refractivity contribution in [1.29, 1.82) is 0 Å². The van der Waals surface area contributed by atoms with Crippen LogP contribution in [0.25, 0.3) is 0 Å². The zero-order valence-corrected chi connectivity index (χ0v) is 23.8.